The van der Waals surface area contributed by atoms with Gasteiger partial charge in [0, 0.05) is 36.3 Å². The van der Waals surface area contributed by atoms with Crippen molar-refractivity contribution in [3.05, 3.63) is 72.2 Å². The van der Waals surface area contributed by atoms with Crippen molar-refractivity contribution in [1.82, 2.24) is 9.88 Å². The number of amides is 2. The van der Waals surface area contributed by atoms with Gasteiger partial charge in [-0.3, -0.25) is 9.59 Å². The maximum absolute atomic E-state index is 13.2. The summed E-state index contributed by atoms with van der Waals surface area (Å²) in [6.07, 6.45) is 2.55. The van der Waals surface area contributed by atoms with Crippen LogP contribution < -0.4 is 9.62 Å². The Balaban J connectivity index is 1.41. The highest BCUT2D eigenvalue weighted by Crippen LogP contribution is 2.26. The summed E-state index contributed by atoms with van der Waals surface area (Å²) in [4.78, 5) is 31.4. The molecule has 33 heavy (non-hydrogen) atoms. The molecule has 1 N–H and O–H groups in total. The molecular weight excluding hydrogens is 460 g/mol. The Hall–Kier alpha value is -3.24. The normalized spacial score (nSPS) is 14.6. The molecule has 10 heteroatoms. The molecule has 0 spiro atoms. The first-order chi connectivity index (χ1) is 15.9. The number of rotatable bonds is 7. The zero-order valence-electron chi connectivity index (χ0n) is 17.8. The van der Waals surface area contributed by atoms with Crippen molar-refractivity contribution in [1.29, 1.82) is 0 Å². The van der Waals surface area contributed by atoms with Crippen LogP contribution in [0.4, 0.5) is 10.8 Å². The fraction of sp³-hybridized carbons (Fsp3) is 0.261. The van der Waals surface area contributed by atoms with E-state index in [1.807, 2.05) is 30.3 Å². The summed E-state index contributed by atoms with van der Waals surface area (Å²) in [6, 6.07) is 17.3. The number of sulfonamides is 1. The van der Waals surface area contributed by atoms with E-state index in [4.69, 9.17) is 0 Å². The quantitative estimate of drug-likeness (QED) is 0.555. The second-order valence-electron chi connectivity index (χ2n) is 7.65. The van der Waals surface area contributed by atoms with Crippen molar-refractivity contribution in [2.45, 2.75) is 17.7 Å². The lowest BCUT2D eigenvalue weighted by molar-refractivity contribution is -0.133. The van der Waals surface area contributed by atoms with Gasteiger partial charge in [-0.15, -0.1) is 11.3 Å². The number of benzene rings is 2. The number of carbonyl (C=O) groups is 2. The number of likely N-dealkylation sites (tertiary alicyclic amines) is 1. The molecule has 8 nitrogen and oxygen atoms in total. The second-order valence-corrected chi connectivity index (χ2v) is 10.4. The molecule has 2 amide bonds. The molecule has 1 aliphatic rings. The number of anilines is 2. The third-order valence-corrected chi connectivity index (χ3v) is 8.16. The van der Waals surface area contributed by atoms with Crippen LogP contribution in [0.2, 0.25) is 0 Å². The lowest BCUT2D eigenvalue weighted by Gasteiger charge is -2.33. The summed E-state index contributed by atoms with van der Waals surface area (Å²) in [5.41, 5.74) is 0.742. The van der Waals surface area contributed by atoms with Crippen LogP contribution in [0.25, 0.3) is 0 Å². The van der Waals surface area contributed by atoms with Crippen LogP contribution in [0, 0.1) is 5.92 Å². The van der Waals surface area contributed by atoms with Crippen molar-refractivity contribution < 1.29 is 18.0 Å². The summed E-state index contributed by atoms with van der Waals surface area (Å²) in [6.45, 7) is 0.442. The average Bonchev–Trinajstić information content (AvgIpc) is 3.38. The number of hydrogen-bond donors (Lipinski definition) is 1. The topological polar surface area (TPSA) is 99.7 Å². The molecule has 1 saturated heterocycles. The first kappa shape index (κ1) is 22.9. The van der Waals surface area contributed by atoms with Crippen LogP contribution >= 0.6 is 11.3 Å². The fourth-order valence-electron chi connectivity index (χ4n) is 3.69. The number of piperidine rings is 1. The average molecular weight is 485 g/mol. The maximum atomic E-state index is 13.2. The molecule has 1 aliphatic heterocycles. The largest absolute Gasteiger partial charge is 0.341 e. The molecule has 1 aromatic heterocycles. The number of carbonyl (C=O) groups excluding carboxylic acids is 2. The summed E-state index contributed by atoms with van der Waals surface area (Å²) in [5.74, 6) is -0.576. The van der Waals surface area contributed by atoms with E-state index >= 15 is 0 Å². The van der Waals surface area contributed by atoms with Gasteiger partial charge < -0.3 is 10.2 Å². The predicted octanol–water partition coefficient (Wildman–Crippen LogP) is 3.22. The number of thiazole rings is 1. The Labute approximate surface area is 196 Å². The molecule has 0 saturated carbocycles. The SMILES string of the molecule is O=C(Nc1ccccc1)C1CCN(C(=O)CN(c2nccs2)S(=O)(=O)c2ccccc2)CC1. The number of para-hydroxylation sites is 1. The second kappa shape index (κ2) is 10.1. The van der Waals surface area contributed by atoms with Gasteiger partial charge >= 0.3 is 0 Å². The smallest absolute Gasteiger partial charge is 0.266 e. The molecule has 0 bridgehead atoms. The van der Waals surface area contributed by atoms with E-state index in [2.05, 4.69) is 10.3 Å². The number of aromatic nitrogens is 1. The minimum atomic E-state index is -3.95. The zero-order chi connectivity index (χ0) is 23.3. The molecule has 2 aromatic carbocycles. The van der Waals surface area contributed by atoms with Crippen LogP contribution in [0.1, 0.15) is 12.8 Å². The van der Waals surface area contributed by atoms with E-state index in [1.54, 1.807) is 28.5 Å². The number of hydrogen-bond acceptors (Lipinski definition) is 6. The third kappa shape index (κ3) is 5.40. The first-order valence-corrected chi connectivity index (χ1v) is 12.9. The van der Waals surface area contributed by atoms with Gasteiger partial charge in [0.2, 0.25) is 11.8 Å². The number of nitrogens with one attached hydrogen (secondary N) is 1. The molecule has 0 aliphatic carbocycles. The van der Waals surface area contributed by atoms with Gasteiger partial charge in [-0.25, -0.2) is 17.7 Å². The van der Waals surface area contributed by atoms with E-state index in [0.29, 0.717) is 25.9 Å². The summed E-state index contributed by atoms with van der Waals surface area (Å²) in [5, 5.41) is 4.82. The van der Waals surface area contributed by atoms with Crippen molar-refractivity contribution in [3.8, 4) is 0 Å². The van der Waals surface area contributed by atoms with E-state index in [0.717, 1.165) is 21.3 Å². The van der Waals surface area contributed by atoms with Crippen LogP contribution in [-0.2, 0) is 19.6 Å². The van der Waals surface area contributed by atoms with Crippen molar-refractivity contribution >= 4 is 44.0 Å². The maximum Gasteiger partial charge on any atom is 0.266 e. The highest BCUT2D eigenvalue weighted by Gasteiger charge is 2.33. The minimum absolute atomic E-state index is 0.0654. The molecule has 0 radical (unpaired) electrons. The molecule has 172 valence electrons. The van der Waals surface area contributed by atoms with Crippen molar-refractivity contribution in [3.63, 3.8) is 0 Å². The first-order valence-electron chi connectivity index (χ1n) is 10.6. The lowest BCUT2D eigenvalue weighted by atomic mass is 9.95. The van der Waals surface area contributed by atoms with Crippen molar-refractivity contribution in [2.24, 2.45) is 5.92 Å². The predicted molar refractivity (Wildman–Crippen MR) is 127 cm³/mol. The summed E-state index contributed by atoms with van der Waals surface area (Å²) in [7, 11) is -3.95. The number of nitrogens with zero attached hydrogens (tertiary/aromatic N) is 3. The highest BCUT2D eigenvalue weighted by atomic mass is 32.2. The molecule has 4 rings (SSSR count). The van der Waals surface area contributed by atoms with Crippen LogP contribution in [0.5, 0.6) is 0 Å². The monoisotopic (exact) mass is 484 g/mol. The van der Waals surface area contributed by atoms with E-state index in [-0.39, 0.29) is 34.3 Å². The standard InChI is InChI=1S/C23H24N4O4S2/c28-21(26-14-11-18(12-15-26)22(29)25-19-7-3-1-4-8-19)17-27(23-24-13-16-32-23)33(30,31)20-9-5-2-6-10-20/h1-10,13,16,18H,11-12,14-15,17H2,(H,25,29). The highest BCUT2D eigenvalue weighted by molar-refractivity contribution is 7.93. The van der Waals surface area contributed by atoms with Gasteiger partial charge in [-0.05, 0) is 37.1 Å². The van der Waals surface area contributed by atoms with Gasteiger partial charge in [-0.1, -0.05) is 36.4 Å². The van der Waals surface area contributed by atoms with Gasteiger partial charge in [-0.2, -0.15) is 0 Å². The Kier molecular flexibility index (Phi) is 7.05. The Morgan fingerprint density at radius 1 is 1.03 bits per heavy atom. The third-order valence-electron chi connectivity index (χ3n) is 5.50. The van der Waals surface area contributed by atoms with E-state index in [1.165, 1.54) is 18.3 Å². The molecule has 0 atom stereocenters. The van der Waals surface area contributed by atoms with Crippen LogP contribution in [-0.4, -0.2) is 49.8 Å². The summed E-state index contributed by atoms with van der Waals surface area (Å²) < 4.78 is 27.5. The van der Waals surface area contributed by atoms with Gasteiger partial charge in [0.15, 0.2) is 5.13 Å². The molecule has 3 aromatic rings. The van der Waals surface area contributed by atoms with Crippen LogP contribution in [0.3, 0.4) is 0 Å². The van der Waals surface area contributed by atoms with Gasteiger partial charge in [0.25, 0.3) is 10.0 Å². The lowest BCUT2D eigenvalue weighted by Crippen LogP contribution is -2.47. The van der Waals surface area contributed by atoms with E-state index in [9.17, 15) is 18.0 Å². The molecule has 1 fully saturated rings. The molecular formula is C23H24N4O4S2. The molecule has 0 unspecified atom stereocenters. The Morgan fingerprint density at radius 3 is 2.27 bits per heavy atom. The van der Waals surface area contributed by atoms with Crippen molar-refractivity contribution in [2.75, 3.05) is 29.3 Å². The summed E-state index contributed by atoms with van der Waals surface area (Å²) >= 11 is 1.16. The Bertz CT molecular complexity index is 1180. The minimum Gasteiger partial charge on any atom is -0.341 e. The molecule has 2 heterocycles. The fourth-order valence-corrected chi connectivity index (χ4v) is 5.95. The van der Waals surface area contributed by atoms with Gasteiger partial charge in [0.1, 0.15) is 6.54 Å². The van der Waals surface area contributed by atoms with E-state index < -0.39 is 10.0 Å². The Morgan fingerprint density at radius 2 is 1.67 bits per heavy atom. The zero-order valence-corrected chi connectivity index (χ0v) is 19.5. The van der Waals surface area contributed by atoms with Gasteiger partial charge in [0.05, 0.1) is 4.90 Å². The van der Waals surface area contributed by atoms with Crippen LogP contribution in [0.15, 0.2) is 77.1 Å².